The summed E-state index contributed by atoms with van der Waals surface area (Å²) in [6.45, 7) is 7.31. The largest absolute Gasteiger partial charge is 0.467 e. The van der Waals surface area contributed by atoms with Crippen molar-refractivity contribution in [3.05, 3.63) is 53.0 Å². The number of rotatable bonds is 6. The van der Waals surface area contributed by atoms with E-state index in [0.717, 1.165) is 36.2 Å². The van der Waals surface area contributed by atoms with Crippen molar-refractivity contribution in [3.8, 4) is 0 Å². The first-order chi connectivity index (χ1) is 13.0. The van der Waals surface area contributed by atoms with E-state index in [-0.39, 0.29) is 17.9 Å². The average molecular weight is 370 g/mol. The van der Waals surface area contributed by atoms with E-state index in [1.165, 1.54) is 6.26 Å². The molecule has 1 aliphatic heterocycles. The Morgan fingerprint density at radius 3 is 2.81 bits per heavy atom. The Labute approximate surface area is 159 Å². The lowest BCUT2D eigenvalue weighted by Crippen LogP contribution is -2.34. The van der Waals surface area contributed by atoms with Gasteiger partial charge < -0.3 is 19.4 Å². The summed E-state index contributed by atoms with van der Waals surface area (Å²) in [6.07, 6.45) is 3.31. The highest BCUT2D eigenvalue weighted by atomic mass is 16.5. The zero-order valence-corrected chi connectivity index (χ0v) is 16.1. The summed E-state index contributed by atoms with van der Waals surface area (Å²) in [4.78, 5) is 26.8. The molecule has 6 nitrogen and oxygen atoms in total. The van der Waals surface area contributed by atoms with E-state index in [2.05, 4.69) is 10.2 Å². The van der Waals surface area contributed by atoms with Gasteiger partial charge in [0.2, 0.25) is 0 Å². The van der Waals surface area contributed by atoms with Crippen molar-refractivity contribution in [2.45, 2.75) is 46.2 Å². The van der Waals surface area contributed by atoms with Crippen LogP contribution in [0.5, 0.6) is 0 Å². The van der Waals surface area contributed by atoms with E-state index in [9.17, 15) is 9.59 Å². The van der Waals surface area contributed by atoms with E-state index in [1.807, 2.05) is 32.0 Å². The van der Waals surface area contributed by atoms with Crippen LogP contribution in [-0.4, -0.2) is 31.1 Å². The monoisotopic (exact) mass is 370 g/mol. The first-order valence-corrected chi connectivity index (χ1v) is 9.42. The maximum Gasteiger partial charge on any atom is 0.341 e. The highest BCUT2D eigenvalue weighted by Crippen LogP contribution is 2.31. The van der Waals surface area contributed by atoms with Gasteiger partial charge in [0, 0.05) is 23.8 Å². The lowest BCUT2D eigenvalue weighted by Gasteiger charge is -2.32. The molecule has 0 unspecified atom stereocenters. The van der Waals surface area contributed by atoms with Crippen LogP contribution in [0.15, 0.2) is 34.9 Å². The number of benzene rings is 1. The molecule has 2 heterocycles. The summed E-state index contributed by atoms with van der Waals surface area (Å²) in [5.41, 5.74) is 3.24. The summed E-state index contributed by atoms with van der Waals surface area (Å²) < 4.78 is 10.7. The van der Waals surface area contributed by atoms with Gasteiger partial charge in [0.05, 0.1) is 19.4 Å². The summed E-state index contributed by atoms with van der Waals surface area (Å²) in [5.74, 6) is 0.163. The number of ether oxygens (including phenoxy) is 1. The molecule has 1 aromatic carbocycles. The van der Waals surface area contributed by atoms with Gasteiger partial charge in [0.1, 0.15) is 11.3 Å². The van der Waals surface area contributed by atoms with Gasteiger partial charge in [-0.3, -0.25) is 4.79 Å². The minimum Gasteiger partial charge on any atom is -0.467 e. The Kier molecular flexibility index (Phi) is 5.84. The van der Waals surface area contributed by atoms with E-state index in [4.69, 9.17) is 9.15 Å². The maximum absolute atomic E-state index is 12.6. The number of carbonyl (C=O) groups is 2. The van der Waals surface area contributed by atoms with Gasteiger partial charge in [0.15, 0.2) is 0 Å². The van der Waals surface area contributed by atoms with Crippen molar-refractivity contribution in [1.82, 2.24) is 5.32 Å². The molecule has 0 radical (unpaired) electrons. The Morgan fingerprint density at radius 1 is 1.26 bits per heavy atom. The molecule has 0 spiro atoms. The molecule has 1 aromatic heterocycles. The van der Waals surface area contributed by atoms with Crippen LogP contribution in [0.4, 0.5) is 5.69 Å². The zero-order valence-electron chi connectivity index (χ0n) is 16.1. The first-order valence-electron chi connectivity index (χ1n) is 9.42. The molecular formula is C21H26N2O4. The summed E-state index contributed by atoms with van der Waals surface area (Å²) in [5, 5.41) is 2.97. The number of esters is 1. The minimum atomic E-state index is -0.372. The molecule has 1 amide bonds. The number of nitrogens with zero attached hydrogens (tertiary/aromatic N) is 1. The van der Waals surface area contributed by atoms with Gasteiger partial charge in [-0.15, -0.1) is 0 Å². The highest BCUT2D eigenvalue weighted by molar-refractivity contribution is 5.97. The summed E-state index contributed by atoms with van der Waals surface area (Å²) in [6, 6.07) is 7.53. The van der Waals surface area contributed by atoms with Gasteiger partial charge in [-0.05, 0) is 57.4 Å². The molecule has 1 aliphatic rings. The number of fused-ring (bicyclic) bond motifs is 1. The van der Waals surface area contributed by atoms with Crippen LogP contribution in [0.1, 0.15) is 59.2 Å². The Balaban J connectivity index is 1.87. The maximum atomic E-state index is 12.6. The molecule has 0 atom stereocenters. The summed E-state index contributed by atoms with van der Waals surface area (Å²) in [7, 11) is 0. The standard InChI is InChI=1S/C21H26N2O4/c1-4-26-21(25)17-10-12-27-19(17)13-23-11-6-8-15-16(7-5-9-18(15)23)20(24)22-14(2)3/h5,7,9-10,12,14H,4,6,8,11,13H2,1-3H3,(H,22,24). The number of hydrogen-bond donors (Lipinski definition) is 1. The molecule has 6 heteroatoms. The van der Waals surface area contributed by atoms with E-state index in [0.29, 0.717) is 24.5 Å². The van der Waals surface area contributed by atoms with E-state index < -0.39 is 0 Å². The Hall–Kier alpha value is -2.76. The molecule has 144 valence electrons. The molecule has 2 aromatic rings. The molecule has 0 bridgehead atoms. The average Bonchev–Trinajstić information content (AvgIpc) is 3.09. The first kappa shape index (κ1) is 19.0. The second-order valence-electron chi connectivity index (χ2n) is 6.93. The lowest BCUT2D eigenvalue weighted by molar-refractivity contribution is 0.0523. The van der Waals surface area contributed by atoms with E-state index in [1.54, 1.807) is 13.0 Å². The molecule has 0 fully saturated rings. The molecule has 0 aliphatic carbocycles. The van der Waals surface area contributed by atoms with Crippen molar-refractivity contribution < 1.29 is 18.7 Å². The van der Waals surface area contributed by atoms with Crippen LogP contribution >= 0.6 is 0 Å². The smallest absolute Gasteiger partial charge is 0.341 e. The van der Waals surface area contributed by atoms with Crippen LogP contribution in [0.25, 0.3) is 0 Å². The van der Waals surface area contributed by atoms with Crippen LogP contribution in [0, 0.1) is 0 Å². The third-order valence-corrected chi connectivity index (χ3v) is 4.59. The second kappa shape index (κ2) is 8.29. The number of carbonyl (C=O) groups excluding carboxylic acids is 2. The van der Waals surface area contributed by atoms with Gasteiger partial charge >= 0.3 is 5.97 Å². The number of amides is 1. The Morgan fingerprint density at radius 2 is 2.07 bits per heavy atom. The fourth-order valence-corrected chi connectivity index (χ4v) is 3.44. The van der Waals surface area contributed by atoms with Crippen LogP contribution in [0.3, 0.4) is 0 Å². The van der Waals surface area contributed by atoms with Crippen LogP contribution in [-0.2, 0) is 17.7 Å². The molecular weight excluding hydrogens is 344 g/mol. The van der Waals surface area contributed by atoms with E-state index >= 15 is 0 Å². The number of furan rings is 1. The lowest BCUT2D eigenvalue weighted by atomic mass is 9.95. The summed E-state index contributed by atoms with van der Waals surface area (Å²) >= 11 is 0. The third-order valence-electron chi connectivity index (χ3n) is 4.59. The van der Waals surface area contributed by atoms with Crippen molar-refractivity contribution in [2.75, 3.05) is 18.1 Å². The molecule has 1 N–H and O–H groups in total. The fraction of sp³-hybridized carbons (Fsp3) is 0.429. The van der Waals surface area contributed by atoms with Gasteiger partial charge in [0.25, 0.3) is 5.91 Å². The second-order valence-corrected chi connectivity index (χ2v) is 6.93. The minimum absolute atomic E-state index is 0.0473. The predicted molar refractivity (Wildman–Crippen MR) is 103 cm³/mol. The van der Waals surface area contributed by atoms with Crippen LogP contribution in [0.2, 0.25) is 0 Å². The van der Waals surface area contributed by atoms with Crippen molar-refractivity contribution >= 4 is 17.6 Å². The topological polar surface area (TPSA) is 71.8 Å². The Bertz CT molecular complexity index is 825. The van der Waals surface area contributed by atoms with Gasteiger partial charge in [-0.25, -0.2) is 4.79 Å². The number of anilines is 1. The highest BCUT2D eigenvalue weighted by Gasteiger charge is 2.25. The SMILES string of the molecule is CCOC(=O)c1ccoc1CN1CCCc2c(C(=O)NC(C)C)cccc21. The van der Waals surface area contributed by atoms with Gasteiger partial charge in [-0.2, -0.15) is 0 Å². The number of nitrogens with one attached hydrogen (secondary N) is 1. The van der Waals surface area contributed by atoms with Crippen LogP contribution < -0.4 is 10.2 Å². The molecule has 27 heavy (non-hydrogen) atoms. The molecule has 0 saturated heterocycles. The van der Waals surface area contributed by atoms with Crippen molar-refractivity contribution in [1.29, 1.82) is 0 Å². The predicted octanol–water partition coefficient (Wildman–Crippen LogP) is 3.55. The third kappa shape index (κ3) is 4.15. The van der Waals surface area contributed by atoms with Crippen molar-refractivity contribution in [2.24, 2.45) is 0 Å². The van der Waals surface area contributed by atoms with Gasteiger partial charge in [-0.1, -0.05) is 6.07 Å². The zero-order chi connectivity index (χ0) is 19.4. The quantitative estimate of drug-likeness (QED) is 0.788. The van der Waals surface area contributed by atoms with Crippen molar-refractivity contribution in [3.63, 3.8) is 0 Å². The normalized spacial score (nSPS) is 13.4. The molecule has 0 saturated carbocycles. The fourth-order valence-electron chi connectivity index (χ4n) is 3.44. The molecule has 3 rings (SSSR count). The number of hydrogen-bond acceptors (Lipinski definition) is 5.